The summed E-state index contributed by atoms with van der Waals surface area (Å²) >= 11 is 0. The van der Waals surface area contributed by atoms with Crippen LogP contribution in [-0.2, 0) is 19.5 Å². The van der Waals surface area contributed by atoms with Crippen LogP contribution in [0.4, 0.5) is 0 Å². The third-order valence-corrected chi connectivity index (χ3v) is 4.00. The molecule has 0 amide bonds. The second kappa shape index (κ2) is 4.07. The molecule has 0 saturated carbocycles. The molecular formula is C12H20N4O. The first kappa shape index (κ1) is 11.2. The SMILES string of the molecule is CCC1(O)CN(Cc2nnc3n2CCCC3)C1. The lowest BCUT2D eigenvalue weighted by molar-refractivity contribution is -0.104. The number of hydrogen-bond donors (Lipinski definition) is 1. The van der Waals surface area contributed by atoms with Gasteiger partial charge in [-0.2, -0.15) is 0 Å². The third kappa shape index (κ3) is 1.98. The van der Waals surface area contributed by atoms with Crippen molar-refractivity contribution in [1.29, 1.82) is 0 Å². The maximum absolute atomic E-state index is 9.97. The molecule has 3 heterocycles. The topological polar surface area (TPSA) is 54.2 Å². The fourth-order valence-electron chi connectivity index (χ4n) is 2.81. The molecule has 2 aliphatic rings. The van der Waals surface area contributed by atoms with Gasteiger partial charge in [-0.1, -0.05) is 6.92 Å². The molecule has 0 bridgehead atoms. The van der Waals surface area contributed by atoms with Gasteiger partial charge in [-0.3, -0.25) is 4.90 Å². The molecule has 1 aromatic rings. The number of β-amino-alcohol motifs (C(OH)–C–C–N with tert-alkyl or cyclic N) is 1. The number of nitrogens with zero attached hydrogens (tertiary/aromatic N) is 4. The van der Waals surface area contributed by atoms with Crippen molar-refractivity contribution < 1.29 is 5.11 Å². The first-order valence-electron chi connectivity index (χ1n) is 6.56. The van der Waals surface area contributed by atoms with E-state index in [0.717, 1.165) is 50.7 Å². The highest BCUT2D eigenvalue weighted by Gasteiger charge is 2.39. The highest BCUT2D eigenvalue weighted by Crippen LogP contribution is 2.26. The van der Waals surface area contributed by atoms with E-state index in [-0.39, 0.29) is 0 Å². The van der Waals surface area contributed by atoms with E-state index in [0.29, 0.717) is 0 Å². The Bertz CT molecular complexity index is 409. The van der Waals surface area contributed by atoms with Crippen LogP contribution in [0.15, 0.2) is 0 Å². The van der Waals surface area contributed by atoms with Gasteiger partial charge in [0.25, 0.3) is 0 Å². The van der Waals surface area contributed by atoms with Gasteiger partial charge < -0.3 is 9.67 Å². The van der Waals surface area contributed by atoms with Crippen LogP contribution in [0.25, 0.3) is 0 Å². The minimum atomic E-state index is -0.454. The summed E-state index contributed by atoms with van der Waals surface area (Å²) in [7, 11) is 0. The van der Waals surface area contributed by atoms with Crippen LogP contribution in [0, 0.1) is 0 Å². The zero-order valence-corrected chi connectivity index (χ0v) is 10.4. The molecule has 0 atom stereocenters. The van der Waals surface area contributed by atoms with Crippen LogP contribution in [0.5, 0.6) is 0 Å². The monoisotopic (exact) mass is 236 g/mol. The fourth-order valence-corrected chi connectivity index (χ4v) is 2.81. The predicted octanol–water partition coefficient (Wildman–Crippen LogP) is 0.571. The Morgan fingerprint density at radius 3 is 2.88 bits per heavy atom. The first-order chi connectivity index (χ1) is 8.20. The summed E-state index contributed by atoms with van der Waals surface area (Å²) in [6.45, 7) is 5.46. The Labute approximate surface area is 101 Å². The molecule has 0 unspecified atom stereocenters. The van der Waals surface area contributed by atoms with E-state index < -0.39 is 5.60 Å². The quantitative estimate of drug-likeness (QED) is 0.833. The molecule has 2 aliphatic heterocycles. The van der Waals surface area contributed by atoms with Gasteiger partial charge in [0.15, 0.2) is 0 Å². The van der Waals surface area contributed by atoms with Crippen molar-refractivity contribution in [2.75, 3.05) is 13.1 Å². The summed E-state index contributed by atoms with van der Waals surface area (Å²) in [5.41, 5.74) is -0.454. The molecule has 0 aromatic carbocycles. The minimum absolute atomic E-state index is 0.454. The number of likely N-dealkylation sites (tertiary alicyclic amines) is 1. The van der Waals surface area contributed by atoms with Crippen molar-refractivity contribution in [1.82, 2.24) is 19.7 Å². The van der Waals surface area contributed by atoms with Crippen LogP contribution in [0.3, 0.4) is 0 Å². The van der Waals surface area contributed by atoms with Gasteiger partial charge in [-0.25, -0.2) is 0 Å². The van der Waals surface area contributed by atoms with Crippen LogP contribution in [-0.4, -0.2) is 43.5 Å². The van der Waals surface area contributed by atoms with E-state index >= 15 is 0 Å². The summed E-state index contributed by atoms with van der Waals surface area (Å²) in [4.78, 5) is 2.25. The summed E-state index contributed by atoms with van der Waals surface area (Å²) in [5, 5.41) is 18.5. The lowest BCUT2D eigenvalue weighted by atomic mass is 9.91. The summed E-state index contributed by atoms with van der Waals surface area (Å²) in [6.07, 6.45) is 4.36. The Balaban J connectivity index is 1.65. The molecule has 17 heavy (non-hydrogen) atoms. The Hall–Kier alpha value is -0.940. The Morgan fingerprint density at radius 1 is 1.29 bits per heavy atom. The maximum atomic E-state index is 9.97. The van der Waals surface area contributed by atoms with Crippen molar-refractivity contribution in [3.8, 4) is 0 Å². The molecule has 3 rings (SSSR count). The molecule has 1 fully saturated rings. The average Bonchev–Trinajstić information content (AvgIpc) is 2.71. The number of hydrogen-bond acceptors (Lipinski definition) is 4. The van der Waals surface area contributed by atoms with E-state index in [2.05, 4.69) is 19.7 Å². The lowest BCUT2D eigenvalue weighted by Crippen LogP contribution is -2.60. The van der Waals surface area contributed by atoms with Gasteiger partial charge in [0.2, 0.25) is 0 Å². The number of fused-ring (bicyclic) bond motifs is 1. The molecule has 1 aromatic heterocycles. The van der Waals surface area contributed by atoms with E-state index in [1.54, 1.807) is 0 Å². The Morgan fingerprint density at radius 2 is 2.12 bits per heavy atom. The standard InChI is InChI=1S/C12H20N4O/c1-2-12(17)8-15(9-12)7-11-14-13-10-5-3-4-6-16(10)11/h17H,2-9H2,1H3. The number of rotatable bonds is 3. The lowest BCUT2D eigenvalue weighted by Gasteiger charge is -2.45. The van der Waals surface area contributed by atoms with E-state index in [1.165, 1.54) is 12.8 Å². The molecular weight excluding hydrogens is 216 g/mol. The fraction of sp³-hybridized carbons (Fsp3) is 0.833. The van der Waals surface area contributed by atoms with Gasteiger partial charge in [0.05, 0.1) is 12.1 Å². The molecule has 5 heteroatoms. The zero-order valence-electron chi connectivity index (χ0n) is 10.4. The van der Waals surface area contributed by atoms with Gasteiger partial charge >= 0.3 is 0 Å². The first-order valence-corrected chi connectivity index (χ1v) is 6.56. The van der Waals surface area contributed by atoms with Crippen LogP contribution < -0.4 is 0 Å². The molecule has 1 N–H and O–H groups in total. The van der Waals surface area contributed by atoms with Crippen LogP contribution >= 0.6 is 0 Å². The van der Waals surface area contributed by atoms with Gasteiger partial charge in [0, 0.05) is 26.1 Å². The number of aryl methyl sites for hydroxylation is 1. The summed E-state index contributed by atoms with van der Waals surface area (Å²) in [6, 6.07) is 0. The number of aromatic nitrogens is 3. The van der Waals surface area contributed by atoms with Crippen molar-refractivity contribution in [2.45, 2.75) is 51.3 Å². The van der Waals surface area contributed by atoms with Gasteiger partial charge in [-0.05, 0) is 19.3 Å². The molecule has 0 radical (unpaired) electrons. The summed E-state index contributed by atoms with van der Waals surface area (Å²) in [5.74, 6) is 2.20. The average molecular weight is 236 g/mol. The highest BCUT2D eigenvalue weighted by atomic mass is 16.3. The molecule has 0 spiro atoms. The van der Waals surface area contributed by atoms with E-state index in [1.807, 2.05) is 6.92 Å². The minimum Gasteiger partial charge on any atom is -0.387 e. The molecule has 94 valence electrons. The molecule has 1 saturated heterocycles. The third-order valence-electron chi connectivity index (χ3n) is 4.00. The smallest absolute Gasteiger partial charge is 0.147 e. The second-order valence-corrected chi connectivity index (χ2v) is 5.36. The highest BCUT2D eigenvalue weighted by molar-refractivity contribution is 5.02. The Kier molecular flexibility index (Phi) is 2.67. The van der Waals surface area contributed by atoms with Crippen molar-refractivity contribution >= 4 is 0 Å². The predicted molar refractivity (Wildman–Crippen MR) is 63.5 cm³/mol. The molecule has 0 aliphatic carbocycles. The van der Waals surface area contributed by atoms with Gasteiger partial charge in [-0.15, -0.1) is 10.2 Å². The largest absolute Gasteiger partial charge is 0.387 e. The zero-order chi connectivity index (χ0) is 11.9. The van der Waals surface area contributed by atoms with E-state index in [4.69, 9.17) is 0 Å². The van der Waals surface area contributed by atoms with Crippen molar-refractivity contribution in [3.05, 3.63) is 11.6 Å². The number of aliphatic hydroxyl groups is 1. The van der Waals surface area contributed by atoms with Gasteiger partial charge in [0.1, 0.15) is 11.6 Å². The van der Waals surface area contributed by atoms with E-state index in [9.17, 15) is 5.11 Å². The molecule has 5 nitrogen and oxygen atoms in total. The van der Waals surface area contributed by atoms with Crippen LogP contribution in [0.2, 0.25) is 0 Å². The summed E-state index contributed by atoms with van der Waals surface area (Å²) < 4.78 is 2.26. The second-order valence-electron chi connectivity index (χ2n) is 5.36. The van der Waals surface area contributed by atoms with Crippen molar-refractivity contribution in [3.63, 3.8) is 0 Å². The maximum Gasteiger partial charge on any atom is 0.147 e. The normalized spacial score (nSPS) is 23.2. The van der Waals surface area contributed by atoms with Crippen LogP contribution in [0.1, 0.15) is 37.8 Å². The van der Waals surface area contributed by atoms with Crippen molar-refractivity contribution in [2.24, 2.45) is 0 Å².